The van der Waals surface area contributed by atoms with Crippen molar-refractivity contribution < 1.29 is 0 Å². The van der Waals surface area contributed by atoms with Crippen LogP contribution in [0.15, 0.2) is 87.8 Å². The van der Waals surface area contributed by atoms with Gasteiger partial charge in [0, 0.05) is 32.7 Å². The summed E-state index contributed by atoms with van der Waals surface area (Å²) in [6.07, 6.45) is -0.307. The topological polar surface area (TPSA) is 80.7 Å². The number of nitrogens with one attached hydrogen (secondary N) is 3. The van der Waals surface area contributed by atoms with Crippen molar-refractivity contribution in [3.63, 3.8) is 0 Å². The first-order valence-corrected chi connectivity index (χ1v) is 9.93. The molecule has 2 aliphatic heterocycles. The third kappa shape index (κ3) is 2.10. The van der Waals surface area contributed by atoms with Crippen molar-refractivity contribution >= 4 is 39.0 Å². The van der Waals surface area contributed by atoms with Gasteiger partial charge in [-0.2, -0.15) is 0 Å². The second kappa shape index (κ2) is 5.67. The lowest BCUT2D eigenvalue weighted by molar-refractivity contribution is 0.760. The molecule has 1 atom stereocenters. The summed E-state index contributed by atoms with van der Waals surface area (Å²) < 4.78 is 0. The number of H-pyrrole nitrogens is 2. The summed E-state index contributed by atoms with van der Waals surface area (Å²) >= 11 is 0. The van der Waals surface area contributed by atoms with E-state index in [0.29, 0.717) is 0 Å². The number of fused-ring (bicyclic) bond motifs is 14. The molecule has 1 unspecified atom stereocenters. The second-order valence-corrected chi connectivity index (χ2v) is 7.57. The van der Waals surface area contributed by atoms with Crippen LogP contribution in [0.4, 0.5) is 11.6 Å². The predicted octanol–water partition coefficient (Wildman–Crippen LogP) is 4.10. The zero-order chi connectivity index (χ0) is 19.7. The van der Waals surface area contributed by atoms with Gasteiger partial charge >= 0.3 is 0 Å². The number of aromatic nitrogens is 2. The van der Waals surface area contributed by atoms with Crippen molar-refractivity contribution in [1.82, 2.24) is 9.97 Å². The van der Waals surface area contributed by atoms with Gasteiger partial charge in [0.1, 0.15) is 28.4 Å². The first kappa shape index (κ1) is 15.7. The molecule has 30 heavy (non-hydrogen) atoms. The molecule has 0 saturated carbocycles. The van der Waals surface area contributed by atoms with Gasteiger partial charge in [-0.25, -0.2) is 15.0 Å². The quantitative estimate of drug-likeness (QED) is 0.367. The number of nitrogens with zero attached hydrogens (tertiary/aromatic N) is 3. The molecule has 3 N–H and O–H groups in total. The van der Waals surface area contributed by atoms with Gasteiger partial charge < -0.3 is 15.3 Å². The number of hydrogen-bond donors (Lipinski definition) is 3. The zero-order valence-corrected chi connectivity index (χ0v) is 15.8. The van der Waals surface area contributed by atoms with Crippen molar-refractivity contribution in [3.8, 4) is 0 Å². The molecule has 0 saturated heterocycles. The summed E-state index contributed by atoms with van der Waals surface area (Å²) in [6.45, 7) is 0. The van der Waals surface area contributed by atoms with Crippen LogP contribution in [0, 0.1) is 0 Å². The van der Waals surface area contributed by atoms with Crippen molar-refractivity contribution in [3.05, 3.63) is 94.9 Å². The first-order chi connectivity index (χ1) is 14.8. The minimum Gasteiger partial charge on any atom is -0.326 e. The van der Waals surface area contributed by atoms with E-state index in [2.05, 4.69) is 51.7 Å². The number of aromatic amines is 2. The Kier molecular flexibility index (Phi) is 2.97. The molecule has 2 aromatic heterocycles. The van der Waals surface area contributed by atoms with Gasteiger partial charge in [0.05, 0.1) is 0 Å². The van der Waals surface area contributed by atoms with Gasteiger partial charge in [0.2, 0.25) is 0 Å². The van der Waals surface area contributed by atoms with Crippen LogP contribution in [0.2, 0.25) is 0 Å². The number of amidine groups is 1. The maximum Gasteiger partial charge on any atom is 0.170 e. The van der Waals surface area contributed by atoms with E-state index in [4.69, 9.17) is 15.0 Å². The Labute approximate surface area is 170 Å². The molecule has 6 nitrogen and oxygen atoms in total. The minimum absolute atomic E-state index is 0.307. The molecule has 6 bridgehead atoms. The smallest absolute Gasteiger partial charge is 0.170 e. The minimum atomic E-state index is -0.307. The molecule has 0 aliphatic carbocycles. The van der Waals surface area contributed by atoms with Gasteiger partial charge in [-0.1, -0.05) is 72.8 Å². The maximum atomic E-state index is 4.99. The Bertz CT molecular complexity index is 1640. The van der Waals surface area contributed by atoms with E-state index in [0.717, 1.165) is 61.1 Å². The third-order valence-corrected chi connectivity index (χ3v) is 5.83. The lowest BCUT2D eigenvalue weighted by atomic mass is 10.1. The van der Waals surface area contributed by atoms with Crippen molar-refractivity contribution in [2.75, 3.05) is 5.32 Å². The van der Waals surface area contributed by atoms with E-state index in [-0.39, 0.29) is 6.17 Å². The van der Waals surface area contributed by atoms with Crippen LogP contribution in [0.5, 0.6) is 0 Å². The molecule has 0 radical (unpaired) electrons. The lowest BCUT2D eigenvalue weighted by Crippen LogP contribution is -2.12. The normalized spacial score (nSPS) is 18.9. The molecular weight excluding hydrogens is 372 g/mol. The van der Waals surface area contributed by atoms with E-state index in [1.165, 1.54) is 0 Å². The molecule has 0 fully saturated rings. The number of benzene rings is 3. The van der Waals surface area contributed by atoms with Crippen LogP contribution in [-0.4, -0.2) is 15.8 Å². The van der Waals surface area contributed by atoms with Gasteiger partial charge in [0.25, 0.3) is 0 Å². The van der Waals surface area contributed by atoms with Crippen molar-refractivity contribution in [1.29, 1.82) is 0 Å². The molecular formula is C24H16N6. The Morgan fingerprint density at radius 2 is 1.33 bits per heavy atom. The summed E-state index contributed by atoms with van der Waals surface area (Å²) in [5.74, 6) is 2.50. The SMILES string of the molecule is c1ccc2c(c1)C1=NC2/N=c2\[nH]/c(c3ccccc23)=N\c2[nH]c(c3ccccc23)N1. The van der Waals surface area contributed by atoms with Crippen molar-refractivity contribution in [2.45, 2.75) is 6.17 Å². The van der Waals surface area contributed by atoms with Crippen LogP contribution in [0.3, 0.4) is 0 Å². The number of anilines is 1. The molecule has 3 aromatic carbocycles. The van der Waals surface area contributed by atoms with Crippen LogP contribution in [-0.2, 0) is 0 Å². The highest BCUT2D eigenvalue weighted by Gasteiger charge is 2.26. The molecule has 5 aromatic rings. The standard InChI is InChI=1S/C24H16N6/c1-2-8-14-13(7-1)19-25-20(14)29-22-17-11-5-6-12-18(17)24(27-22)30-23-16-10-4-3-9-15(16)21(26-23)28-19/h1-12,19,27H,(H,25,29)(H,26,28,30). The van der Waals surface area contributed by atoms with Gasteiger partial charge in [-0.15, -0.1) is 0 Å². The van der Waals surface area contributed by atoms with Crippen LogP contribution < -0.4 is 16.3 Å². The largest absolute Gasteiger partial charge is 0.326 e. The Balaban J connectivity index is 1.66. The molecule has 142 valence electrons. The molecule has 6 heteroatoms. The zero-order valence-electron chi connectivity index (χ0n) is 15.8. The van der Waals surface area contributed by atoms with Crippen LogP contribution in [0.25, 0.3) is 21.5 Å². The number of rotatable bonds is 0. The summed E-state index contributed by atoms with van der Waals surface area (Å²) in [5.41, 5.74) is 3.75. The van der Waals surface area contributed by atoms with Crippen LogP contribution >= 0.6 is 0 Å². The van der Waals surface area contributed by atoms with Gasteiger partial charge in [0.15, 0.2) is 6.17 Å². The van der Waals surface area contributed by atoms with E-state index in [1.54, 1.807) is 0 Å². The molecule has 7 rings (SSSR count). The maximum absolute atomic E-state index is 4.99. The third-order valence-electron chi connectivity index (χ3n) is 5.83. The lowest BCUT2D eigenvalue weighted by Gasteiger charge is -2.06. The molecule has 0 amide bonds. The first-order valence-electron chi connectivity index (χ1n) is 9.93. The fraction of sp³-hybridized carbons (Fsp3) is 0.0417. The summed E-state index contributed by atoms with van der Waals surface area (Å²) in [7, 11) is 0. The summed E-state index contributed by atoms with van der Waals surface area (Å²) in [4.78, 5) is 21.8. The highest BCUT2D eigenvalue weighted by molar-refractivity contribution is 6.15. The highest BCUT2D eigenvalue weighted by Crippen LogP contribution is 2.35. The molecule has 0 spiro atoms. The fourth-order valence-corrected chi connectivity index (χ4v) is 4.43. The monoisotopic (exact) mass is 388 g/mol. The highest BCUT2D eigenvalue weighted by atomic mass is 15.2. The Morgan fingerprint density at radius 3 is 2.20 bits per heavy atom. The fourth-order valence-electron chi connectivity index (χ4n) is 4.43. The predicted molar refractivity (Wildman–Crippen MR) is 118 cm³/mol. The average Bonchev–Trinajstić information content (AvgIpc) is 3.43. The van der Waals surface area contributed by atoms with Crippen molar-refractivity contribution in [2.24, 2.45) is 15.0 Å². The van der Waals surface area contributed by atoms with E-state index in [9.17, 15) is 0 Å². The number of hydrogen-bond acceptors (Lipinski definition) is 4. The summed E-state index contributed by atoms with van der Waals surface area (Å²) in [5, 5.41) is 7.73. The van der Waals surface area contributed by atoms with E-state index < -0.39 is 0 Å². The second-order valence-electron chi connectivity index (χ2n) is 7.57. The van der Waals surface area contributed by atoms with Crippen LogP contribution in [0.1, 0.15) is 17.3 Å². The van der Waals surface area contributed by atoms with E-state index >= 15 is 0 Å². The Hall–Kier alpha value is -4.19. The Morgan fingerprint density at radius 1 is 0.633 bits per heavy atom. The average molecular weight is 388 g/mol. The van der Waals surface area contributed by atoms with Gasteiger partial charge in [-0.05, 0) is 0 Å². The van der Waals surface area contributed by atoms with Gasteiger partial charge in [-0.3, -0.25) is 0 Å². The molecule has 4 heterocycles. The summed E-state index contributed by atoms with van der Waals surface area (Å²) in [6, 6.07) is 24.7. The number of aliphatic imine (C=N–C) groups is 1. The molecule has 2 aliphatic rings. The van der Waals surface area contributed by atoms with E-state index in [1.807, 2.05) is 36.4 Å².